The smallest absolute Gasteiger partial charge is 0.115 e. The molecule has 2 aromatic rings. The lowest BCUT2D eigenvalue weighted by molar-refractivity contribution is 0.305. The summed E-state index contributed by atoms with van der Waals surface area (Å²) >= 11 is 0. The highest BCUT2D eigenvalue weighted by molar-refractivity contribution is 5.40. The van der Waals surface area contributed by atoms with Crippen molar-refractivity contribution in [1.82, 2.24) is 0 Å². The fourth-order valence-corrected chi connectivity index (χ4v) is 3.31. The molecule has 2 aromatic carbocycles. The maximum Gasteiger partial charge on any atom is 0.115 e. The number of phenolic OH excluding ortho intramolecular Hbond substituents is 1. The van der Waals surface area contributed by atoms with E-state index in [0.29, 0.717) is 11.7 Å². The van der Waals surface area contributed by atoms with Crippen molar-refractivity contribution in [1.29, 1.82) is 0 Å². The molecule has 0 aromatic heterocycles. The lowest BCUT2D eigenvalue weighted by atomic mass is 9.75. The molecule has 0 heterocycles. The average molecular weight is 381 g/mol. The van der Waals surface area contributed by atoms with Crippen molar-refractivity contribution >= 4 is 0 Å². The van der Waals surface area contributed by atoms with Gasteiger partial charge >= 0.3 is 0 Å². The maximum absolute atomic E-state index is 9.51. The first-order chi connectivity index (χ1) is 13.1. The molecule has 0 aliphatic rings. The van der Waals surface area contributed by atoms with E-state index >= 15 is 0 Å². The number of phenols is 1. The van der Waals surface area contributed by atoms with Gasteiger partial charge in [-0.05, 0) is 53.5 Å². The summed E-state index contributed by atoms with van der Waals surface area (Å²) in [4.78, 5) is 0. The van der Waals surface area contributed by atoms with Gasteiger partial charge in [-0.25, -0.2) is 0 Å². The third-order valence-electron chi connectivity index (χ3n) is 5.67. The lowest BCUT2D eigenvalue weighted by Crippen LogP contribution is -2.21. The predicted octanol–water partition coefficient (Wildman–Crippen LogP) is 7.92. The SMILES string of the molecule is CC=CC(C)(C)C(C)Cc1ccc(C(C)(C)c2ccc(O)cc2)cc1.CCC. The molecule has 0 saturated heterocycles. The number of benzene rings is 2. The molecule has 0 amide bonds. The quantitative estimate of drug-likeness (QED) is 0.505. The van der Waals surface area contributed by atoms with E-state index in [1.165, 1.54) is 23.1 Å². The van der Waals surface area contributed by atoms with Gasteiger partial charge in [0, 0.05) is 5.41 Å². The Morgan fingerprint density at radius 1 is 0.857 bits per heavy atom. The minimum Gasteiger partial charge on any atom is -0.508 e. The van der Waals surface area contributed by atoms with E-state index in [4.69, 9.17) is 0 Å². The third kappa shape index (κ3) is 6.55. The van der Waals surface area contributed by atoms with E-state index in [1.807, 2.05) is 12.1 Å². The van der Waals surface area contributed by atoms with Crippen LogP contribution in [-0.4, -0.2) is 5.11 Å². The summed E-state index contributed by atoms with van der Waals surface area (Å²) in [5.41, 5.74) is 4.01. The fourth-order valence-electron chi connectivity index (χ4n) is 3.31. The lowest BCUT2D eigenvalue weighted by Gasteiger charge is -2.29. The van der Waals surface area contributed by atoms with Gasteiger partial charge in [0.2, 0.25) is 0 Å². The molecule has 0 fully saturated rings. The van der Waals surface area contributed by atoms with Gasteiger partial charge in [0.1, 0.15) is 5.75 Å². The Labute approximate surface area is 173 Å². The van der Waals surface area contributed by atoms with Crippen molar-refractivity contribution in [3.05, 3.63) is 77.4 Å². The summed E-state index contributed by atoms with van der Waals surface area (Å²) < 4.78 is 0. The zero-order valence-corrected chi connectivity index (χ0v) is 19.2. The first kappa shape index (κ1) is 24.0. The van der Waals surface area contributed by atoms with E-state index in [0.717, 1.165) is 6.42 Å². The van der Waals surface area contributed by atoms with E-state index in [1.54, 1.807) is 12.1 Å². The van der Waals surface area contributed by atoms with Crippen LogP contribution < -0.4 is 0 Å². The van der Waals surface area contributed by atoms with Crippen LogP contribution in [0.4, 0.5) is 0 Å². The molecule has 1 nitrogen and oxygen atoms in total. The molecule has 1 unspecified atom stereocenters. The zero-order chi connectivity index (χ0) is 21.4. The van der Waals surface area contributed by atoms with Gasteiger partial charge in [0.05, 0.1) is 0 Å². The van der Waals surface area contributed by atoms with Crippen LogP contribution in [0.25, 0.3) is 0 Å². The standard InChI is InChI=1S/C24H32O.C3H8/c1-7-16-23(3,4)18(2)17-19-8-10-20(11-9-19)24(5,6)21-12-14-22(25)15-13-21;1-3-2/h7-16,18,25H,17H2,1-6H3;3H2,1-2H3. The largest absolute Gasteiger partial charge is 0.508 e. The normalized spacial score (nSPS) is 13.1. The monoisotopic (exact) mass is 380 g/mol. The molecule has 1 N–H and O–H groups in total. The summed E-state index contributed by atoms with van der Waals surface area (Å²) in [5, 5.41) is 9.51. The molecule has 1 heteroatoms. The Morgan fingerprint density at radius 2 is 1.29 bits per heavy atom. The molecule has 2 rings (SSSR count). The maximum atomic E-state index is 9.51. The van der Waals surface area contributed by atoms with Crippen molar-refractivity contribution in [3.8, 4) is 5.75 Å². The molecule has 28 heavy (non-hydrogen) atoms. The van der Waals surface area contributed by atoms with Gasteiger partial charge in [-0.2, -0.15) is 0 Å². The van der Waals surface area contributed by atoms with E-state index in [-0.39, 0.29) is 10.8 Å². The van der Waals surface area contributed by atoms with Crippen LogP contribution in [0.15, 0.2) is 60.7 Å². The van der Waals surface area contributed by atoms with Crippen LogP contribution in [0.1, 0.15) is 78.5 Å². The summed E-state index contributed by atoms with van der Waals surface area (Å²) in [5.74, 6) is 0.896. The van der Waals surface area contributed by atoms with Crippen molar-refractivity contribution in [2.75, 3.05) is 0 Å². The van der Waals surface area contributed by atoms with Crippen LogP contribution in [-0.2, 0) is 11.8 Å². The molecular weight excluding hydrogens is 340 g/mol. The van der Waals surface area contributed by atoms with Gasteiger partial charge in [-0.3, -0.25) is 0 Å². The number of rotatable bonds is 6. The molecule has 0 spiro atoms. The summed E-state index contributed by atoms with van der Waals surface area (Å²) in [6.45, 7) is 17.7. The Morgan fingerprint density at radius 3 is 1.71 bits per heavy atom. The molecule has 0 bridgehead atoms. The van der Waals surface area contributed by atoms with Crippen molar-refractivity contribution < 1.29 is 5.11 Å². The van der Waals surface area contributed by atoms with Gasteiger partial charge < -0.3 is 5.11 Å². The topological polar surface area (TPSA) is 20.2 Å². The predicted molar refractivity (Wildman–Crippen MR) is 124 cm³/mol. The number of allylic oxidation sites excluding steroid dienone is 2. The Kier molecular flexibility index (Phi) is 9.01. The summed E-state index contributed by atoms with van der Waals surface area (Å²) in [7, 11) is 0. The first-order valence-corrected chi connectivity index (χ1v) is 10.6. The van der Waals surface area contributed by atoms with Crippen LogP contribution in [0.2, 0.25) is 0 Å². The fraction of sp³-hybridized carbons (Fsp3) is 0.481. The third-order valence-corrected chi connectivity index (χ3v) is 5.67. The van der Waals surface area contributed by atoms with Gasteiger partial charge in [0.15, 0.2) is 0 Å². The van der Waals surface area contributed by atoms with Crippen LogP contribution in [0.5, 0.6) is 5.75 Å². The average Bonchev–Trinajstić information content (AvgIpc) is 2.63. The van der Waals surface area contributed by atoms with E-state index in [9.17, 15) is 5.11 Å². The minimum absolute atomic E-state index is 0.0813. The van der Waals surface area contributed by atoms with Crippen molar-refractivity contribution in [2.24, 2.45) is 11.3 Å². The zero-order valence-electron chi connectivity index (χ0n) is 19.2. The molecular formula is C27H40O. The highest BCUT2D eigenvalue weighted by Gasteiger charge is 2.25. The number of aromatic hydroxyl groups is 1. The Bertz CT molecular complexity index is 718. The minimum atomic E-state index is -0.0813. The van der Waals surface area contributed by atoms with Crippen LogP contribution in [0.3, 0.4) is 0 Å². The van der Waals surface area contributed by atoms with Crippen molar-refractivity contribution in [2.45, 2.75) is 73.6 Å². The highest BCUT2D eigenvalue weighted by atomic mass is 16.3. The second kappa shape index (κ2) is 10.5. The Balaban J connectivity index is 0.00000122. The molecule has 0 radical (unpaired) electrons. The molecule has 154 valence electrons. The van der Waals surface area contributed by atoms with Crippen molar-refractivity contribution in [3.63, 3.8) is 0 Å². The molecule has 1 atom stereocenters. The van der Waals surface area contributed by atoms with Crippen LogP contribution in [0, 0.1) is 11.3 Å². The van der Waals surface area contributed by atoms with Gasteiger partial charge in [-0.15, -0.1) is 0 Å². The Hall–Kier alpha value is -2.02. The summed E-state index contributed by atoms with van der Waals surface area (Å²) in [6.07, 6.45) is 6.79. The number of hydrogen-bond acceptors (Lipinski definition) is 1. The molecule has 0 saturated carbocycles. The first-order valence-electron chi connectivity index (χ1n) is 10.6. The van der Waals surface area contributed by atoms with Crippen LogP contribution >= 0.6 is 0 Å². The highest BCUT2D eigenvalue weighted by Crippen LogP contribution is 2.34. The van der Waals surface area contributed by atoms with E-state index < -0.39 is 0 Å². The second-order valence-corrected chi connectivity index (χ2v) is 9.00. The van der Waals surface area contributed by atoms with Gasteiger partial charge in [-0.1, -0.05) is 103 Å². The molecule has 0 aliphatic heterocycles. The number of hydrogen-bond donors (Lipinski definition) is 1. The van der Waals surface area contributed by atoms with E-state index in [2.05, 4.69) is 91.8 Å². The van der Waals surface area contributed by atoms with Gasteiger partial charge in [0.25, 0.3) is 0 Å². The summed E-state index contributed by atoms with van der Waals surface area (Å²) in [6, 6.07) is 16.6. The second-order valence-electron chi connectivity index (χ2n) is 9.00. The molecule has 0 aliphatic carbocycles.